The minimum absolute atomic E-state index is 0. The first-order valence-corrected chi connectivity index (χ1v) is 9.04. The van der Waals surface area contributed by atoms with E-state index in [-0.39, 0.29) is 35.3 Å². The Balaban J connectivity index is 0.00000225. The predicted octanol–water partition coefficient (Wildman–Crippen LogP) is 3.95. The predicted molar refractivity (Wildman–Crippen MR) is 102 cm³/mol. The molecule has 9 heteroatoms. The maximum atomic E-state index is 13.0. The number of alkyl halides is 3. The SMILES string of the molecule is Cc1cc(NC(=O)C2CC23CCNCC3)n(-c2cccc(C(F)(F)F)c2)n1.Cl. The monoisotopic (exact) mass is 414 g/mol. The number of nitrogens with one attached hydrogen (secondary N) is 2. The number of halogens is 4. The van der Waals surface area contributed by atoms with Gasteiger partial charge in [0.1, 0.15) is 5.82 Å². The number of rotatable bonds is 3. The second kappa shape index (κ2) is 7.40. The third-order valence-corrected chi connectivity index (χ3v) is 5.61. The van der Waals surface area contributed by atoms with Gasteiger partial charge in [-0.3, -0.25) is 4.79 Å². The Bertz CT molecular complexity index is 874. The molecule has 0 bridgehead atoms. The summed E-state index contributed by atoms with van der Waals surface area (Å²) in [4.78, 5) is 12.7. The number of benzene rings is 1. The van der Waals surface area contributed by atoms with Gasteiger partial charge in [-0.05, 0) is 62.9 Å². The van der Waals surface area contributed by atoms with Crippen LogP contribution in [0.2, 0.25) is 0 Å². The van der Waals surface area contributed by atoms with E-state index in [0.717, 1.165) is 44.5 Å². The van der Waals surface area contributed by atoms with E-state index in [1.165, 1.54) is 10.7 Å². The fourth-order valence-corrected chi connectivity index (χ4v) is 4.01. The quantitative estimate of drug-likeness (QED) is 0.799. The minimum atomic E-state index is -4.43. The molecule has 152 valence electrons. The molecule has 1 amide bonds. The van der Waals surface area contributed by atoms with E-state index >= 15 is 0 Å². The van der Waals surface area contributed by atoms with E-state index in [9.17, 15) is 18.0 Å². The summed E-state index contributed by atoms with van der Waals surface area (Å²) < 4.78 is 40.4. The number of hydrogen-bond donors (Lipinski definition) is 2. The summed E-state index contributed by atoms with van der Waals surface area (Å²) in [6.45, 7) is 3.58. The Labute approximate surface area is 167 Å². The van der Waals surface area contributed by atoms with Gasteiger partial charge in [0, 0.05) is 12.0 Å². The van der Waals surface area contributed by atoms with Crippen molar-refractivity contribution in [2.45, 2.75) is 32.4 Å². The molecule has 1 spiro atoms. The Hall–Kier alpha value is -2.06. The Morgan fingerprint density at radius 2 is 2.00 bits per heavy atom. The zero-order valence-corrected chi connectivity index (χ0v) is 16.2. The topological polar surface area (TPSA) is 59.0 Å². The molecule has 1 aromatic carbocycles. The van der Waals surface area contributed by atoms with Crippen LogP contribution in [0.5, 0.6) is 0 Å². The van der Waals surface area contributed by atoms with Crippen molar-refractivity contribution in [2.24, 2.45) is 11.3 Å². The Morgan fingerprint density at radius 1 is 1.29 bits per heavy atom. The zero-order chi connectivity index (χ0) is 19.2. The molecule has 1 aliphatic carbocycles. The van der Waals surface area contributed by atoms with Crippen molar-refractivity contribution in [1.29, 1.82) is 0 Å². The van der Waals surface area contributed by atoms with Crippen LogP contribution in [-0.2, 0) is 11.0 Å². The van der Waals surface area contributed by atoms with Crippen molar-refractivity contribution in [1.82, 2.24) is 15.1 Å². The number of hydrogen-bond acceptors (Lipinski definition) is 3. The molecule has 28 heavy (non-hydrogen) atoms. The number of aromatic nitrogens is 2. The van der Waals surface area contributed by atoms with Crippen LogP contribution in [0.25, 0.3) is 5.69 Å². The summed E-state index contributed by atoms with van der Waals surface area (Å²) in [6.07, 6.45) is -1.60. The van der Waals surface area contributed by atoms with Gasteiger partial charge in [0.15, 0.2) is 0 Å². The van der Waals surface area contributed by atoms with Crippen LogP contribution in [0.4, 0.5) is 19.0 Å². The second-order valence-electron chi connectivity index (χ2n) is 7.49. The molecule has 4 rings (SSSR count). The summed E-state index contributed by atoms with van der Waals surface area (Å²) in [5, 5.41) is 10.5. The van der Waals surface area contributed by atoms with Gasteiger partial charge >= 0.3 is 6.18 Å². The van der Waals surface area contributed by atoms with E-state index in [1.807, 2.05) is 0 Å². The van der Waals surface area contributed by atoms with Crippen LogP contribution < -0.4 is 10.6 Å². The van der Waals surface area contributed by atoms with Crippen molar-refractivity contribution < 1.29 is 18.0 Å². The van der Waals surface area contributed by atoms with Crippen LogP contribution in [-0.4, -0.2) is 28.8 Å². The molecular weight excluding hydrogens is 393 g/mol. The molecule has 1 saturated heterocycles. The first-order valence-electron chi connectivity index (χ1n) is 9.04. The van der Waals surface area contributed by atoms with Crippen molar-refractivity contribution in [3.05, 3.63) is 41.6 Å². The normalized spacial score (nSPS) is 20.5. The Kier molecular flexibility index (Phi) is 5.46. The first kappa shape index (κ1) is 20.7. The molecule has 2 aromatic rings. The molecule has 1 aromatic heterocycles. The highest BCUT2D eigenvalue weighted by Crippen LogP contribution is 2.58. The minimum Gasteiger partial charge on any atom is -0.317 e. The lowest BCUT2D eigenvalue weighted by Crippen LogP contribution is -2.31. The van der Waals surface area contributed by atoms with Crippen molar-refractivity contribution in [3.63, 3.8) is 0 Å². The molecule has 5 nitrogen and oxygen atoms in total. The highest BCUT2D eigenvalue weighted by molar-refractivity contribution is 5.94. The largest absolute Gasteiger partial charge is 0.416 e. The summed E-state index contributed by atoms with van der Waals surface area (Å²) in [5.41, 5.74) is 0.225. The van der Waals surface area contributed by atoms with Crippen molar-refractivity contribution >= 4 is 24.1 Å². The van der Waals surface area contributed by atoms with Crippen LogP contribution >= 0.6 is 12.4 Å². The number of aryl methyl sites for hydroxylation is 1. The van der Waals surface area contributed by atoms with E-state index in [1.54, 1.807) is 19.1 Å². The van der Waals surface area contributed by atoms with E-state index < -0.39 is 11.7 Å². The van der Waals surface area contributed by atoms with Gasteiger partial charge in [-0.25, -0.2) is 4.68 Å². The number of carbonyl (C=O) groups is 1. The molecule has 1 atom stereocenters. The van der Waals surface area contributed by atoms with Crippen LogP contribution in [0, 0.1) is 18.3 Å². The zero-order valence-electron chi connectivity index (χ0n) is 15.3. The molecule has 2 heterocycles. The van der Waals surface area contributed by atoms with Crippen LogP contribution in [0.1, 0.15) is 30.5 Å². The van der Waals surface area contributed by atoms with Crippen molar-refractivity contribution in [2.75, 3.05) is 18.4 Å². The van der Waals surface area contributed by atoms with Gasteiger partial charge < -0.3 is 10.6 Å². The highest BCUT2D eigenvalue weighted by atomic mass is 35.5. The molecule has 0 radical (unpaired) electrons. The smallest absolute Gasteiger partial charge is 0.317 e. The average molecular weight is 415 g/mol. The summed E-state index contributed by atoms with van der Waals surface area (Å²) in [7, 11) is 0. The fraction of sp³-hybridized carbons (Fsp3) is 0.474. The molecule has 1 unspecified atom stereocenters. The standard InChI is InChI=1S/C19H21F3N4O.ClH/c1-12-9-16(24-17(27)15-11-18(15)5-7-23-8-6-18)26(25-12)14-4-2-3-13(10-14)19(20,21)22;/h2-4,9-10,15,23H,5-8,11H2,1H3,(H,24,27);1H. The lowest BCUT2D eigenvalue weighted by atomic mass is 9.92. The van der Waals surface area contributed by atoms with Gasteiger partial charge in [0.2, 0.25) is 5.91 Å². The fourth-order valence-electron chi connectivity index (χ4n) is 4.01. The van der Waals surface area contributed by atoms with Crippen LogP contribution in [0.3, 0.4) is 0 Å². The average Bonchev–Trinajstić information content (AvgIpc) is 3.19. The summed E-state index contributed by atoms with van der Waals surface area (Å²) in [5.74, 6) is 0.280. The maximum Gasteiger partial charge on any atom is 0.416 e. The highest BCUT2D eigenvalue weighted by Gasteiger charge is 2.57. The molecule has 2 N–H and O–H groups in total. The first-order chi connectivity index (χ1) is 12.8. The van der Waals surface area contributed by atoms with Gasteiger partial charge in [0.25, 0.3) is 0 Å². The lowest BCUT2D eigenvalue weighted by Gasteiger charge is -2.23. The molecule has 2 aliphatic rings. The van der Waals surface area contributed by atoms with E-state index in [2.05, 4.69) is 15.7 Å². The van der Waals surface area contributed by atoms with Crippen molar-refractivity contribution in [3.8, 4) is 5.69 Å². The number of carbonyl (C=O) groups excluding carboxylic acids is 1. The molecular formula is C19H22ClF3N4O. The number of amides is 1. The van der Waals surface area contributed by atoms with Crippen LogP contribution in [0.15, 0.2) is 30.3 Å². The molecule has 2 fully saturated rings. The summed E-state index contributed by atoms with van der Waals surface area (Å²) >= 11 is 0. The maximum absolute atomic E-state index is 13.0. The van der Waals surface area contributed by atoms with Gasteiger partial charge in [-0.2, -0.15) is 18.3 Å². The van der Waals surface area contributed by atoms with Gasteiger partial charge in [-0.15, -0.1) is 12.4 Å². The number of nitrogens with zero attached hydrogens (tertiary/aromatic N) is 2. The van der Waals surface area contributed by atoms with Gasteiger partial charge in [-0.1, -0.05) is 6.07 Å². The third kappa shape index (κ3) is 3.89. The third-order valence-electron chi connectivity index (χ3n) is 5.61. The summed E-state index contributed by atoms with van der Waals surface area (Å²) in [6, 6.07) is 6.61. The van der Waals surface area contributed by atoms with Gasteiger partial charge in [0.05, 0.1) is 16.9 Å². The molecule has 1 saturated carbocycles. The lowest BCUT2D eigenvalue weighted by molar-refractivity contribution is -0.137. The van der Waals surface area contributed by atoms with E-state index in [4.69, 9.17) is 0 Å². The molecule has 1 aliphatic heterocycles. The Morgan fingerprint density at radius 3 is 2.68 bits per heavy atom. The van der Waals surface area contributed by atoms with E-state index in [0.29, 0.717) is 11.5 Å². The second-order valence-corrected chi connectivity index (χ2v) is 7.49. The number of anilines is 1. The number of piperidine rings is 1.